The van der Waals surface area contributed by atoms with E-state index in [-0.39, 0.29) is 24.2 Å². The van der Waals surface area contributed by atoms with E-state index in [1.165, 1.54) is 0 Å². The van der Waals surface area contributed by atoms with Crippen molar-refractivity contribution in [2.24, 2.45) is 5.92 Å². The first-order valence-electron chi connectivity index (χ1n) is 8.10. The topological polar surface area (TPSA) is 58.2 Å². The van der Waals surface area contributed by atoms with Crippen molar-refractivity contribution >= 4 is 17.5 Å². The van der Waals surface area contributed by atoms with Crippen LogP contribution in [0.4, 0.5) is 5.69 Å². The zero-order valence-corrected chi connectivity index (χ0v) is 13.9. The molecule has 0 bridgehead atoms. The highest BCUT2D eigenvalue weighted by Gasteiger charge is 2.27. The van der Waals surface area contributed by atoms with Gasteiger partial charge in [0.05, 0.1) is 0 Å². The van der Waals surface area contributed by atoms with Gasteiger partial charge in [-0.2, -0.15) is 0 Å². The SMILES string of the molecule is CC(C)c1cccc(C(C)C)c1NC(=O)C1CCNC(=O)C1. The van der Waals surface area contributed by atoms with Gasteiger partial charge in [0.15, 0.2) is 0 Å². The number of carbonyl (C=O) groups is 2. The molecule has 1 aliphatic rings. The molecule has 1 unspecified atom stereocenters. The van der Waals surface area contributed by atoms with Gasteiger partial charge in [0.2, 0.25) is 11.8 Å². The first-order valence-corrected chi connectivity index (χ1v) is 8.10. The third-order valence-corrected chi connectivity index (χ3v) is 4.24. The van der Waals surface area contributed by atoms with Crippen LogP contribution in [-0.2, 0) is 9.59 Å². The lowest BCUT2D eigenvalue weighted by Gasteiger charge is -2.24. The van der Waals surface area contributed by atoms with Gasteiger partial charge in [0.1, 0.15) is 0 Å². The first kappa shape index (κ1) is 16.5. The molecule has 1 fully saturated rings. The van der Waals surface area contributed by atoms with Gasteiger partial charge < -0.3 is 10.6 Å². The molecule has 2 amide bonds. The van der Waals surface area contributed by atoms with E-state index >= 15 is 0 Å². The molecule has 4 heteroatoms. The van der Waals surface area contributed by atoms with E-state index < -0.39 is 0 Å². The Hall–Kier alpha value is -1.84. The molecule has 0 spiro atoms. The van der Waals surface area contributed by atoms with Crippen LogP contribution in [0.1, 0.15) is 63.5 Å². The second-order valence-electron chi connectivity index (χ2n) is 6.65. The summed E-state index contributed by atoms with van der Waals surface area (Å²) in [5, 5.41) is 5.88. The molecule has 1 aromatic rings. The third-order valence-electron chi connectivity index (χ3n) is 4.24. The molecule has 1 aliphatic heterocycles. The van der Waals surface area contributed by atoms with Gasteiger partial charge >= 0.3 is 0 Å². The van der Waals surface area contributed by atoms with E-state index in [9.17, 15) is 9.59 Å². The fraction of sp³-hybridized carbons (Fsp3) is 0.556. The van der Waals surface area contributed by atoms with Gasteiger partial charge in [-0.25, -0.2) is 0 Å². The molecule has 1 aromatic carbocycles. The maximum Gasteiger partial charge on any atom is 0.228 e. The number of nitrogens with one attached hydrogen (secondary N) is 2. The van der Waals surface area contributed by atoms with Crippen LogP contribution in [0, 0.1) is 5.92 Å². The van der Waals surface area contributed by atoms with Crippen LogP contribution in [-0.4, -0.2) is 18.4 Å². The number of para-hydroxylation sites is 1. The molecule has 0 saturated carbocycles. The van der Waals surface area contributed by atoms with Crippen LogP contribution in [0.2, 0.25) is 0 Å². The highest BCUT2D eigenvalue weighted by molar-refractivity contribution is 5.97. The van der Waals surface area contributed by atoms with Crippen LogP contribution in [0.5, 0.6) is 0 Å². The summed E-state index contributed by atoms with van der Waals surface area (Å²) in [5.74, 6) is 0.374. The van der Waals surface area contributed by atoms with Gasteiger partial charge in [-0.1, -0.05) is 45.9 Å². The quantitative estimate of drug-likeness (QED) is 0.895. The van der Waals surface area contributed by atoms with Crippen molar-refractivity contribution < 1.29 is 9.59 Å². The minimum atomic E-state index is -0.228. The Kier molecular flexibility index (Phi) is 5.22. The Morgan fingerprint density at radius 3 is 2.27 bits per heavy atom. The molecule has 0 aliphatic carbocycles. The van der Waals surface area contributed by atoms with E-state index in [0.717, 1.165) is 16.8 Å². The highest BCUT2D eigenvalue weighted by Crippen LogP contribution is 2.33. The van der Waals surface area contributed by atoms with Crippen molar-refractivity contribution in [3.63, 3.8) is 0 Å². The van der Waals surface area contributed by atoms with Crippen molar-refractivity contribution in [3.05, 3.63) is 29.3 Å². The summed E-state index contributed by atoms with van der Waals surface area (Å²) in [6, 6.07) is 6.19. The molecule has 0 radical (unpaired) electrons. The van der Waals surface area contributed by atoms with Crippen molar-refractivity contribution in [2.45, 2.75) is 52.4 Å². The van der Waals surface area contributed by atoms with Crippen LogP contribution >= 0.6 is 0 Å². The largest absolute Gasteiger partial charge is 0.356 e. The normalized spacial score (nSPS) is 18.5. The average molecular weight is 302 g/mol. The minimum Gasteiger partial charge on any atom is -0.356 e. The van der Waals surface area contributed by atoms with Gasteiger partial charge in [-0.05, 0) is 29.4 Å². The maximum absolute atomic E-state index is 12.6. The van der Waals surface area contributed by atoms with E-state index in [0.29, 0.717) is 24.8 Å². The zero-order valence-electron chi connectivity index (χ0n) is 13.9. The molecule has 1 heterocycles. The molecular formula is C18H26N2O2. The maximum atomic E-state index is 12.6. The lowest BCUT2D eigenvalue weighted by Crippen LogP contribution is -2.38. The fourth-order valence-electron chi connectivity index (χ4n) is 2.93. The predicted octanol–water partition coefficient (Wildman–Crippen LogP) is 3.40. The molecular weight excluding hydrogens is 276 g/mol. The Labute approximate surface area is 132 Å². The number of rotatable bonds is 4. The van der Waals surface area contributed by atoms with Crippen LogP contribution < -0.4 is 10.6 Å². The summed E-state index contributed by atoms with van der Waals surface area (Å²) in [6.45, 7) is 9.10. The van der Waals surface area contributed by atoms with E-state index in [4.69, 9.17) is 0 Å². The molecule has 120 valence electrons. The summed E-state index contributed by atoms with van der Waals surface area (Å²) in [4.78, 5) is 24.1. The molecule has 2 N–H and O–H groups in total. The highest BCUT2D eigenvalue weighted by atomic mass is 16.2. The number of hydrogen-bond donors (Lipinski definition) is 2. The lowest BCUT2D eigenvalue weighted by molar-refractivity contribution is -0.129. The molecule has 22 heavy (non-hydrogen) atoms. The standard InChI is InChI=1S/C18H26N2O2/c1-11(2)14-6-5-7-15(12(3)4)17(14)20-18(22)13-8-9-19-16(21)10-13/h5-7,11-13H,8-10H2,1-4H3,(H,19,21)(H,20,22). The summed E-state index contributed by atoms with van der Waals surface area (Å²) in [6.07, 6.45) is 0.991. The molecule has 0 aromatic heterocycles. The number of anilines is 1. The number of amides is 2. The van der Waals surface area contributed by atoms with Gasteiger partial charge in [-0.3, -0.25) is 9.59 Å². The van der Waals surface area contributed by atoms with Gasteiger partial charge in [0.25, 0.3) is 0 Å². The van der Waals surface area contributed by atoms with E-state index in [1.54, 1.807) is 0 Å². The molecule has 4 nitrogen and oxygen atoms in total. The summed E-state index contributed by atoms with van der Waals surface area (Å²) in [5.41, 5.74) is 3.24. The first-order chi connectivity index (χ1) is 10.4. The van der Waals surface area contributed by atoms with E-state index in [1.807, 2.05) is 6.07 Å². The minimum absolute atomic E-state index is 0.0346. The molecule has 1 atom stereocenters. The molecule has 1 saturated heterocycles. The van der Waals surface area contributed by atoms with Crippen LogP contribution in [0.25, 0.3) is 0 Å². The number of hydrogen-bond acceptors (Lipinski definition) is 2. The summed E-state index contributed by atoms with van der Waals surface area (Å²) >= 11 is 0. The Morgan fingerprint density at radius 2 is 1.77 bits per heavy atom. The second-order valence-corrected chi connectivity index (χ2v) is 6.65. The van der Waals surface area contributed by atoms with Crippen molar-refractivity contribution in [1.82, 2.24) is 5.32 Å². The number of carbonyl (C=O) groups excluding carboxylic acids is 2. The average Bonchev–Trinajstić information content (AvgIpc) is 2.46. The zero-order chi connectivity index (χ0) is 16.3. The Bertz CT molecular complexity index is 538. The lowest BCUT2D eigenvalue weighted by atomic mass is 9.91. The number of piperidine rings is 1. The smallest absolute Gasteiger partial charge is 0.228 e. The van der Waals surface area contributed by atoms with Crippen LogP contribution in [0.3, 0.4) is 0 Å². The predicted molar refractivity (Wildman–Crippen MR) is 89.0 cm³/mol. The fourth-order valence-corrected chi connectivity index (χ4v) is 2.93. The summed E-state index contributed by atoms with van der Waals surface area (Å²) in [7, 11) is 0. The van der Waals surface area contributed by atoms with Gasteiger partial charge in [0, 0.05) is 24.6 Å². The van der Waals surface area contributed by atoms with Gasteiger partial charge in [-0.15, -0.1) is 0 Å². The van der Waals surface area contributed by atoms with Crippen molar-refractivity contribution in [3.8, 4) is 0 Å². The second kappa shape index (κ2) is 6.95. The van der Waals surface area contributed by atoms with Crippen molar-refractivity contribution in [2.75, 3.05) is 11.9 Å². The Balaban J connectivity index is 2.27. The van der Waals surface area contributed by atoms with Crippen molar-refractivity contribution in [1.29, 1.82) is 0 Å². The monoisotopic (exact) mass is 302 g/mol. The third kappa shape index (κ3) is 3.67. The van der Waals surface area contributed by atoms with E-state index in [2.05, 4.69) is 50.5 Å². The molecule has 2 rings (SSSR count). The summed E-state index contributed by atoms with van der Waals surface area (Å²) < 4.78 is 0. The number of benzene rings is 1. The Morgan fingerprint density at radius 1 is 1.18 bits per heavy atom. The van der Waals surface area contributed by atoms with Crippen LogP contribution in [0.15, 0.2) is 18.2 Å².